The fourth-order valence-electron chi connectivity index (χ4n) is 2.64. The molecule has 0 unspecified atom stereocenters. The van der Waals surface area contributed by atoms with E-state index in [1.807, 2.05) is 13.8 Å². The number of rotatable bonds is 9. The predicted molar refractivity (Wildman–Crippen MR) is 111 cm³/mol. The number of hydrogen-bond acceptors (Lipinski definition) is 5. The minimum absolute atomic E-state index is 0.0140. The first-order valence-electron chi connectivity index (χ1n) is 8.71. The molecule has 2 aromatic rings. The highest BCUT2D eigenvalue weighted by Crippen LogP contribution is 2.41. The van der Waals surface area contributed by atoms with Gasteiger partial charge in [-0.3, -0.25) is 9.78 Å². The van der Waals surface area contributed by atoms with Gasteiger partial charge in [-0.25, -0.2) is 0 Å². The lowest BCUT2D eigenvalue weighted by Crippen LogP contribution is -2.09. The lowest BCUT2D eigenvalue weighted by molar-refractivity contribution is 0.0989. The minimum Gasteiger partial charge on any atom is -0.493 e. The number of Topliss-reactive ketones (excluding diaryl/α,β-unsaturated/α-hetero) is 1. The van der Waals surface area contributed by atoms with E-state index in [0.29, 0.717) is 45.0 Å². The summed E-state index contributed by atoms with van der Waals surface area (Å²) in [5.74, 6) is 1.00. The van der Waals surface area contributed by atoms with Gasteiger partial charge in [0.15, 0.2) is 17.3 Å². The van der Waals surface area contributed by atoms with Crippen molar-refractivity contribution in [2.45, 2.75) is 26.7 Å². The summed E-state index contributed by atoms with van der Waals surface area (Å²) in [7, 11) is 3.02. The van der Waals surface area contributed by atoms with E-state index in [4.69, 9.17) is 37.4 Å². The average Bonchev–Trinajstić information content (AvgIpc) is 2.67. The molecule has 0 N–H and O–H groups in total. The van der Waals surface area contributed by atoms with Crippen LogP contribution in [0.1, 0.15) is 36.2 Å². The summed E-state index contributed by atoms with van der Waals surface area (Å²) in [6.07, 6.45) is 5.73. The van der Waals surface area contributed by atoms with Gasteiger partial charge >= 0.3 is 0 Å². The van der Waals surface area contributed by atoms with Gasteiger partial charge in [0, 0.05) is 24.4 Å². The van der Waals surface area contributed by atoms with Crippen LogP contribution in [-0.2, 0) is 6.42 Å². The number of halogens is 2. The largest absolute Gasteiger partial charge is 0.493 e. The third kappa shape index (κ3) is 5.40. The van der Waals surface area contributed by atoms with E-state index in [9.17, 15) is 4.79 Å². The highest BCUT2D eigenvalue weighted by Gasteiger charge is 2.22. The van der Waals surface area contributed by atoms with Gasteiger partial charge in [-0.1, -0.05) is 34.9 Å². The second-order valence-electron chi connectivity index (χ2n) is 6.28. The van der Waals surface area contributed by atoms with E-state index < -0.39 is 0 Å². The van der Waals surface area contributed by atoms with Crippen molar-refractivity contribution in [2.75, 3.05) is 20.8 Å². The summed E-state index contributed by atoms with van der Waals surface area (Å²) < 4.78 is 16.8. The molecule has 0 amide bonds. The molecule has 0 spiro atoms. The van der Waals surface area contributed by atoms with Crippen LogP contribution in [0.25, 0.3) is 0 Å². The van der Waals surface area contributed by atoms with Crippen LogP contribution in [-0.4, -0.2) is 31.6 Å². The van der Waals surface area contributed by atoms with Crippen LogP contribution in [0.15, 0.2) is 36.2 Å². The van der Waals surface area contributed by atoms with Crippen LogP contribution >= 0.6 is 23.2 Å². The van der Waals surface area contributed by atoms with E-state index >= 15 is 0 Å². The molecular formula is C21H23Cl2NO4. The highest BCUT2D eigenvalue weighted by atomic mass is 35.5. The molecule has 1 aromatic heterocycles. The number of carbonyl (C=O) groups is 1. The second kappa shape index (κ2) is 10.3. The Hall–Kier alpha value is -2.24. The second-order valence-corrected chi connectivity index (χ2v) is 7.09. The number of aromatic nitrogens is 1. The van der Waals surface area contributed by atoms with Crippen molar-refractivity contribution < 1.29 is 19.0 Å². The van der Waals surface area contributed by atoms with Crippen LogP contribution in [0.2, 0.25) is 10.0 Å². The smallest absolute Gasteiger partial charge is 0.204 e. The molecule has 0 aliphatic rings. The molecule has 0 aliphatic carbocycles. The lowest BCUT2D eigenvalue weighted by atomic mass is 10.0. The summed E-state index contributed by atoms with van der Waals surface area (Å²) in [4.78, 5) is 16.9. The normalized spacial score (nSPS) is 10.4. The molecular weight excluding hydrogens is 401 g/mol. The van der Waals surface area contributed by atoms with E-state index in [0.717, 1.165) is 6.42 Å². The molecule has 0 saturated carbocycles. The SMILES string of the molecule is COc1ccc(C(=O)Cc2c(Cl)cncc2Cl)c(OC)c1OCCC=C(C)C. The van der Waals surface area contributed by atoms with Gasteiger partial charge in [-0.15, -0.1) is 0 Å². The zero-order chi connectivity index (χ0) is 20.7. The van der Waals surface area contributed by atoms with E-state index in [2.05, 4.69) is 11.1 Å². The number of hydrogen-bond donors (Lipinski definition) is 0. The molecule has 0 fully saturated rings. The van der Waals surface area contributed by atoms with Crippen molar-refractivity contribution in [3.8, 4) is 17.2 Å². The first-order valence-corrected chi connectivity index (χ1v) is 9.46. The number of benzene rings is 1. The molecule has 0 bridgehead atoms. The highest BCUT2D eigenvalue weighted by molar-refractivity contribution is 6.36. The van der Waals surface area contributed by atoms with E-state index in [1.54, 1.807) is 12.1 Å². The molecule has 5 nitrogen and oxygen atoms in total. The summed E-state index contributed by atoms with van der Waals surface area (Å²) in [6, 6.07) is 3.33. The topological polar surface area (TPSA) is 57.7 Å². The zero-order valence-corrected chi connectivity index (χ0v) is 17.9. The Morgan fingerprint density at radius 1 is 1.07 bits per heavy atom. The maximum atomic E-state index is 12.9. The molecule has 7 heteroatoms. The molecule has 0 radical (unpaired) electrons. The number of pyridine rings is 1. The summed E-state index contributed by atoms with van der Waals surface area (Å²) in [6.45, 7) is 4.48. The van der Waals surface area contributed by atoms with Gasteiger partial charge in [-0.05, 0) is 32.4 Å². The Morgan fingerprint density at radius 2 is 1.75 bits per heavy atom. The Kier molecular flexibility index (Phi) is 8.15. The van der Waals surface area contributed by atoms with Gasteiger partial charge in [0.05, 0.1) is 36.4 Å². The van der Waals surface area contributed by atoms with Crippen molar-refractivity contribution in [3.63, 3.8) is 0 Å². The van der Waals surface area contributed by atoms with Gasteiger partial charge in [0.25, 0.3) is 0 Å². The number of ether oxygens (including phenoxy) is 3. The van der Waals surface area contributed by atoms with Crippen LogP contribution in [0.3, 0.4) is 0 Å². The molecule has 150 valence electrons. The quantitative estimate of drug-likeness (QED) is 0.299. The molecule has 1 heterocycles. The van der Waals surface area contributed by atoms with E-state index in [1.165, 1.54) is 32.2 Å². The van der Waals surface area contributed by atoms with Crippen molar-refractivity contribution in [1.82, 2.24) is 4.98 Å². The van der Waals surface area contributed by atoms with Gasteiger partial charge in [-0.2, -0.15) is 0 Å². The predicted octanol–water partition coefficient (Wildman–Crippen LogP) is 5.57. The summed E-state index contributed by atoms with van der Waals surface area (Å²) in [5, 5.41) is 0.679. The van der Waals surface area contributed by atoms with Crippen molar-refractivity contribution in [1.29, 1.82) is 0 Å². The standard InChI is InChI=1S/C21H23Cl2NO4/c1-13(2)6-5-9-28-21-19(26-3)8-7-14(20(21)27-4)18(25)10-15-16(22)11-24-12-17(15)23/h6-8,11-12H,5,9-10H2,1-4H3. The Bertz CT molecular complexity index is 857. The first-order chi connectivity index (χ1) is 13.4. The lowest BCUT2D eigenvalue weighted by Gasteiger charge is -2.17. The van der Waals surface area contributed by atoms with Crippen molar-refractivity contribution in [2.24, 2.45) is 0 Å². The first kappa shape index (κ1) is 22.1. The van der Waals surface area contributed by atoms with E-state index in [-0.39, 0.29) is 12.2 Å². The summed E-state index contributed by atoms with van der Waals surface area (Å²) >= 11 is 12.3. The number of methoxy groups -OCH3 is 2. The maximum absolute atomic E-state index is 12.9. The molecule has 0 saturated heterocycles. The third-order valence-electron chi connectivity index (χ3n) is 4.01. The number of nitrogens with zero attached hydrogens (tertiary/aromatic N) is 1. The molecule has 28 heavy (non-hydrogen) atoms. The van der Waals surface area contributed by atoms with Crippen LogP contribution in [0.4, 0.5) is 0 Å². The van der Waals surface area contributed by atoms with Gasteiger partial charge in [0.2, 0.25) is 5.75 Å². The zero-order valence-electron chi connectivity index (χ0n) is 16.3. The fraction of sp³-hybridized carbons (Fsp3) is 0.333. The monoisotopic (exact) mass is 423 g/mol. The molecule has 1 aromatic carbocycles. The Balaban J connectivity index is 2.34. The van der Waals surface area contributed by atoms with Gasteiger partial charge in [0.1, 0.15) is 0 Å². The molecule has 2 rings (SSSR count). The number of carbonyl (C=O) groups excluding carboxylic acids is 1. The average molecular weight is 424 g/mol. The fourth-order valence-corrected chi connectivity index (χ4v) is 3.13. The molecule has 0 atom stereocenters. The molecule has 0 aliphatic heterocycles. The van der Waals surface area contributed by atoms with Gasteiger partial charge < -0.3 is 14.2 Å². The minimum atomic E-state index is -0.205. The summed E-state index contributed by atoms with van der Waals surface area (Å²) in [5.41, 5.74) is 2.09. The Labute approximate surface area is 175 Å². The number of allylic oxidation sites excluding steroid dienone is 1. The van der Waals surface area contributed by atoms with Crippen molar-refractivity contribution >= 4 is 29.0 Å². The van der Waals surface area contributed by atoms with Crippen molar-refractivity contribution in [3.05, 3.63) is 57.3 Å². The van der Waals surface area contributed by atoms with Crippen LogP contribution in [0.5, 0.6) is 17.2 Å². The third-order valence-corrected chi connectivity index (χ3v) is 4.66. The number of ketones is 1. The Morgan fingerprint density at radius 3 is 2.32 bits per heavy atom. The van der Waals surface area contributed by atoms with Crippen LogP contribution in [0, 0.1) is 0 Å². The maximum Gasteiger partial charge on any atom is 0.204 e. The van der Waals surface area contributed by atoms with Crippen LogP contribution < -0.4 is 14.2 Å².